The van der Waals surface area contributed by atoms with Crippen molar-refractivity contribution in [3.63, 3.8) is 0 Å². The number of hydrogen-bond donors (Lipinski definition) is 2. The molecule has 7 heteroatoms. The summed E-state index contributed by atoms with van der Waals surface area (Å²) in [6.07, 6.45) is 5.73. The molecular formula is C23H24ClFN2O2S. The van der Waals surface area contributed by atoms with E-state index in [1.807, 2.05) is 30.5 Å². The van der Waals surface area contributed by atoms with E-state index >= 15 is 0 Å². The highest BCUT2D eigenvalue weighted by molar-refractivity contribution is 7.13. The number of halogens is 2. The normalized spacial score (nSPS) is 23.7. The van der Waals surface area contributed by atoms with Crippen molar-refractivity contribution in [3.8, 4) is 0 Å². The van der Waals surface area contributed by atoms with Crippen molar-refractivity contribution in [3.05, 3.63) is 58.5 Å². The van der Waals surface area contributed by atoms with Gasteiger partial charge in [-0.05, 0) is 73.2 Å². The van der Waals surface area contributed by atoms with E-state index in [0.29, 0.717) is 17.8 Å². The second kappa shape index (κ2) is 9.31. The van der Waals surface area contributed by atoms with E-state index in [-0.39, 0.29) is 11.8 Å². The number of benzene rings is 1. The Morgan fingerprint density at radius 1 is 1.27 bits per heavy atom. The van der Waals surface area contributed by atoms with Crippen LogP contribution >= 0.6 is 22.9 Å². The molecule has 4 nitrogen and oxygen atoms in total. The summed E-state index contributed by atoms with van der Waals surface area (Å²) in [4.78, 5) is 16.6. The molecule has 0 amide bonds. The maximum absolute atomic E-state index is 14.4. The lowest BCUT2D eigenvalue weighted by atomic mass is 9.90. The molecule has 3 aromatic rings. The van der Waals surface area contributed by atoms with Gasteiger partial charge >= 0.3 is 5.97 Å². The molecule has 2 N–H and O–H groups in total. The number of carboxylic acids is 1. The number of pyridine rings is 1. The van der Waals surface area contributed by atoms with E-state index in [1.165, 1.54) is 11.3 Å². The van der Waals surface area contributed by atoms with Gasteiger partial charge < -0.3 is 10.4 Å². The number of aromatic carboxylic acids is 1. The highest BCUT2D eigenvalue weighted by atomic mass is 35.5. The Morgan fingerprint density at radius 3 is 2.93 bits per heavy atom. The molecule has 0 bridgehead atoms. The van der Waals surface area contributed by atoms with Crippen LogP contribution in [0.15, 0.2) is 48.8 Å². The molecule has 4 atom stereocenters. The zero-order chi connectivity index (χ0) is 21.1. The molecule has 3 unspecified atom stereocenters. The fourth-order valence-electron chi connectivity index (χ4n) is 4.33. The number of carbonyl (C=O) groups is 1. The molecule has 0 radical (unpaired) electrons. The second-order valence-electron chi connectivity index (χ2n) is 7.90. The van der Waals surface area contributed by atoms with Crippen LogP contribution in [0.2, 0.25) is 0 Å². The van der Waals surface area contributed by atoms with Gasteiger partial charge in [0.05, 0.1) is 5.38 Å². The van der Waals surface area contributed by atoms with Gasteiger partial charge in [0.1, 0.15) is 11.0 Å². The number of rotatable bonds is 8. The fraction of sp³-hybridized carbons (Fsp3) is 0.391. The summed E-state index contributed by atoms with van der Waals surface area (Å²) in [5, 5.41) is 14.2. The number of aromatic nitrogens is 1. The minimum absolute atomic E-state index is 0.0627. The van der Waals surface area contributed by atoms with Crippen LogP contribution in [0.4, 0.5) is 10.1 Å². The zero-order valence-electron chi connectivity index (χ0n) is 16.4. The Morgan fingerprint density at radius 2 is 2.13 bits per heavy atom. The minimum Gasteiger partial charge on any atom is -0.477 e. The standard InChI is InChI=1S/C23H24ClFN2O2S/c24-22-19(13-27-17-5-4-16-12-26-9-8-14(16)10-17)15(11-20(22)25)2-1-3-18-6-7-21(30-18)23(28)29/h4-10,12,15,19-20,22,27H,1-3,11,13H2,(H,28,29)/t15-,19?,20?,22?/m0/s1. The number of anilines is 1. The number of alkyl halides is 2. The van der Waals surface area contributed by atoms with Crippen LogP contribution in [-0.2, 0) is 6.42 Å². The van der Waals surface area contributed by atoms with Crippen LogP contribution in [0.25, 0.3) is 10.8 Å². The first kappa shape index (κ1) is 21.1. The Balaban J connectivity index is 1.34. The third kappa shape index (κ3) is 4.76. The number of nitrogens with one attached hydrogen (secondary N) is 1. The van der Waals surface area contributed by atoms with Crippen LogP contribution < -0.4 is 5.32 Å². The van der Waals surface area contributed by atoms with Crippen molar-refractivity contribution in [2.24, 2.45) is 11.8 Å². The second-order valence-corrected chi connectivity index (χ2v) is 9.57. The molecule has 2 heterocycles. The maximum Gasteiger partial charge on any atom is 0.345 e. The first-order chi connectivity index (χ1) is 14.5. The number of fused-ring (bicyclic) bond motifs is 1. The van der Waals surface area contributed by atoms with E-state index < -0.39 is 17.5 Å². The summed E-state index contributed by atoms with van der Waals surface area (Å²) in [7, 11) is 0. The quantitative estimate of drug-likeness (QED) is 0.416. The van der Waals surface area contributed by atoms with Gasteiger partial charge in [0, 0.05) is 34.9 Å². The summed E-state index contributed by atoms with van der Waals surface area (Å²) >= 11 is 7.75. The van der Waals surface area contributed by atoms with Crippen molar-refractivity contribution in [1.29, 1.82) is 0 Å². The van der Waals surface area contributed by atoms with Crippen LogP contribution in [0, 0.1) is 11.8 Å². The Bertz CT molecular complexity index is 1030. The number of thiophene rings is 1. The van der Waals surface area contributed by atoms with Crippen molar-refractivity contribution in [2.45, 2.75) is 37.2 Å². The van der Waals surface area contributed by atoms with Crippen LogP contribution in [0.3, 0.4) is 0 Å². The van der Waals surface area contributed by atoms with Crippen molar-refractivity contribution >= 4 is 45.4 Å². The lowest BCUT2D eigenvalue weighted by Crippen LogP contribution is -2.26. The van der Waals surface area contributed by atoms with Crippen LogP contribution in [0.1, 0.15) is 33.8 Å². The van der Waals surface area contributed by atoms with Crippen molar-refractivity contribution in [1.82, 2.24) is 4.98 Å². The third-order valence-electron chi connectivity index (χ3n) is 5.94. The van der Waals surface area contributed by atoms with E-state index in [9.17, 15) is 9.18 Å². The summed E-state index contributed by atoms with van der Waals surface area (Å²) < 4.78 is 14.4. The van der Waals surface area contributed by atoms with E-state index in [2.05, 4.69) is 16.4 Å². The predicted octanol–water partition coefficient (Wildman–Crippen LogP) is 6.01. The largest absolute Gasteiger partial charge is 0.477 e. The van der Waals surface area contributed by atoms with Gasteiger partial charge in [0.15, 0.2) is 0 Å². The smallest absolute Gasteiger partial charge is 0.345 e. The SMILES string of the molecule is O=C(O)c1ccc(CCC[C@H]2CC(F)C(Cl)C2CNc2ccc3cnccc3c2)s1. The summed E-state index contributed by atoms with van der Waals surface area (Å²) in [5.41, 5.74) is 0.999. The molecule has 4 rings (SSSR count). The Labute approximate surface area is 184 Å². The van der Waals surface area contributed by atoms with Gasteiger partial charge in [-0.15, -0.1) is 22.9 Å². The molecular weight excluding hydrogens is 423 g/mol. The topological polar surface area (TPSA) is 62.2 Å². The zero-order valence-corrected chi connectivity index (χ0v) is 18.0. The van der Waals surface area contributed by atoms with Gasteiger partial charge in [-0.2, -0.15) is 0 Å². The molecule has 30 heavy (non-hydrogen) atoms. The molecule has 1 fully saturated rings. The number of nitrogens with zero attached hydrogens (tertiary/aromatic N) is 1. The summed E-state index contributed by atoms with van der Waals surface area (Å²) in [5.74, 6) is -0.602. The average molecular weight is 447 g/mol. The van der Waals surface area contributed by atoms with Gasteiger partial charge in [0.2, 0.25) is 0 Å². The maximum atomic E-state index is 14.4. The number of aryl methyl sites for hydroxylation is 1. The molecule has 1 aliphatic carbocycles. The highest BCUT2D eigenvalue weighted by Crippen LogP contribution is 2.41. The molecule has 0 spiro atoms. The molecule has 1 aromatic carbocycles. The molecule has 158 valence electrons. The molecule has 0 saturated heterocycles. The monoisotopic (exact) mass is 446 g/mol. The summed E-state index contributed by atoms with van der Waals surface area (Å²) in [6.45, 7) is 0.637. The minimum atomic E-state index is -0.980. The molecule has 1 saturated carbocycles. The molecule has 2 aromatic heterocycles. The van der Waals surface area contributed by atoms with Crippen molar-refractivity contribution < 1.29 is 14.3 Å². The highest BCUT2D eigenvalue weighted by Gasteiger charge is 2.41. The van der Waals surface area contributed by atoms with Gasteiger partial charge in [-0.25, -0.2) is 9.18 Å². The summed E-state index contributed by atoms with van der Waals surface area (Å²) in [6, 6.07) is 11.6. The van der Waals surface area contributed by atoms with E-state index in [0.717, 1.165) is 40.6 Å². The van der Waals surface area contributed by atoms with E-state index in [4.69, 9.17) is 16.7 Å². The number of carboxylic acid groups (broad SMARTS) is 1. The van der Waals surface area contributed by atoms with Crippen LogP contribution in [0.5, 0.6) is 0 Å². The Hall–Kier alpha value is -2.18. The third-order valence-corrected chi connectivity index (χ3v) is 7.67. The Kier molecular flexibility index (Phi) is 6.54. The van der Waals surface area contributed by atoms with Crippen LogP contribution in [-0.4, -0.2) is 34.2 Å². The van der Waals surface area contributed by atoms with E-state index in [1.54, 1.807) is 12.3 Å². The van der Waals surface area contributed by atoms with Gasteiger partial charge in [0.25, 0.3) is 0 Å². The average Bonchev–Trinajstić information content (AvgIpc) is 3.32. The lowest BCUT2D eigenvalue weighted by molar-refractivity contribution is 0.0702. The van der Waals surface area contributed by atoms with Gasteiger partial charge in [-0.3, -0.25) is 4.98 Å². The number of hydrogen-bond acceptors (Lipinski definition) is 4. The first-order valence-electron chi connectivity index (χ1n) is 10.2. The first-order valence-corrected chi connectivity index (χ1v) is 11.4. The predicted molar refractivity (Wildman–Crippen MR) is 121 cm³/mol. The molecule has 1 aliphatic rings. The van der Waals surface area contributed by atoms with Gasteiger partial charge in [-0.1, -0.05) is 6.07 Å². The van der Waals surface area contributed by atoms with Crippen molar-refractivity contribution in [2.75, 3.05) is 11.9 Å². The fourth-order valence-corrected chi connectivity index (χ4v) is 5.61. The molecule has 0 aliphatic heterocycles. The lowest BCUT2D eigenvalue weighted by Gasteiger charge is -2.22.